The normalized spacial score (nSPS) is 18.6. The van der Waals surface area contributed by atoms with Crippen LogP contribution in [0.25, 0.3) is 0 Å². The molecule has 2 rings (SSSR count). The molecular weight excluding hydrogens is 250 g/mol. The van der Waals surface area contributed by atoms with Gasteiger partial charge in [0.05, 0.1) is 11.4 Å². The van der Waals surface area contributed by atoms with Crippen LogP contribution in [0.15, 0.2) is 17.5 Å². The van der Waals surface area contributed by atoms with Crippen LogP contribution >= 0.6 is 11.3 Å². The molecule has 0 radical (unpaired) electrons. The van der Waals surface area contributed by atoms with Crippen molar-refractivity contribution in [3.05, 3.63) is 22.4 Å². The van der Waals surface area contributed by atoms with Crippen molar-refractivity contribution in [2.75, 3.05) is 19.6 Å². The van der Waals surface area contributed by atoms with Crippen molar-refractivity contribution in [3.63, 3.8) is 0 Å². The summed E-state index contributed by atoms with van der Waals surface area (Å²) in [5.74, 6) is -0.340. The number of thiophene rings is 1. The van der Waals surface area contributed by atoms with Gasteiger partial charge in [-0.2, -0.15) is 0 Å². The Kier molecular flexibility index (Phi) is 4.72. The summed E-state index contributed by atoms with van der Waals surface area (Å²) in [4.78, 5) is 23.7. The van der Waals surface area contributed by atoms with E-state index in [4.69, 9.17) is 0 Å². The van der Waals surface area contributed by atoms with Crippen LogP contribution in [0.1, 0.15) is 22.5 Å². The Morgan fingerprint density at radius 3 is 3.00 bits per heavy atom. The summed E-state index contributed by atoms with van der Waals surface area (Å²) in [6, 6.07) is 3.92. The second kappa shape index (κ2) is 6.51. The minimum Gasteiger partial charge on any atom is -0.353 e. The predicted molar refractivity (Wildman–Crippen MR) is 70.7 cm³/mol. The maximum atomic E-state index is 11.6. The lowest BCUT2D eigenvalue weighted by molar-refractivity contribution is -0.120. The van der Waals surface area contributed by atoms with Gasteiger partial charge in [-0.25, -0.2) is 0 Å². The van der Waals surface area contributed by atoms with Gasteiger partial charge < -0.3 is 16.0 Å². The third-order valence-electron chi connectivity index (χ3n) is 2.86. The van der Waals surface area contributed by atoms with Crippen molar-refractivity contribution < 1.29 is 9.59 Å². The average Bonchev–Trinajstić information content (AvgIpc) is 3.05. The van der Waals surface area contributed by atoms with Crippen LogP contribution in [-0.2, 0) is 4.79 Å². The molecule has 2 amide bonds. The van der Waals surface area contributed by atoms with E-state index in [1.165, 1.54) is 11.3 Å². The quantitative estimate of drug-likeness (QED) is 0.721. The van der Waals surface area contributed by atoms with Crippen LogP contribution in [0.2, 0.25) is 0 Å². The van der Waals surface area contributed by atoms with E-state index in [0.717, 1.165) is 19.4 Å². The van der Waals surface area contributed by atoms with E-state index in [1.807, 2.05) is 11.4 Å². The smallest absolute Gasteiger partial charge is 0.261 e. The van der Waals surface area contributed by atoms with Gasteiger partial charge in [-0.3, -0.25) is 9.59 Å². The highest BCUT2D eigenvalue weighted by Crippen LogP contribution is 2.07. The lowest BCUT2D eigenvalue weighted by Gasteiger charge is -2.11. The fourth-order valence-corrected chi connectivity index (χ4v) is 2.53. The number of rotatable bonds is 5. The van der Waals surface area contributed by atoms with Gasteiger partial charge in [0.25, 0.3) is 5.91 Å². The molecule has 1 fully saturated rings. The van der Waals surface area contributed by atoms with E-state index in [-0.39, 0.29) is 18.4 Å². The molecule has 1 saturated heterocycles. The van der Waals surface area contributed by atoms with E-state index < -0.39 is 0 Å². The van der Waals surface area contributed by atoms with E-state index in [0.29, 0.717) is 17.5 Å². The molecule has 3 N–H and O–H groups in total. The first-order valence-corrected chi connectivity index (χ1v) is 6.95. The molecule has 2 heterocycles. The second-order valence-electron chi connectivity index (χ2n) is 4.26. The molecule has 5 nitrogen and oxygen atoms in total. The van der Waals surface area contributed by atoms with Gasteiger partial charge in [0.15, 0.2) is 0 Å². The number of hydrogen-bond acceptors (Lipinski definition) is 4. The van der Waals surface area contributed by atoms with Crippen LogP contribution in [0.3, 0.4) is 0 Å². The van der Waals surface area contributed by atoms with Crippen molar-refractivity contribution in [2.24, 2.45) is 0 Å². The molecule has 1 aromatic rings. The molecule has 1 aliphatic heterocycles. The molecule has 1 atom stereocenters. The summed E-state index contributed by atoms with van der Waals surface area (Å²) in [5.41, 5.74) is 0. The minimum absolute atomic E-state index is 0.0312. The largest absolute Gasteiger partial charge is 0.353 e. The lowest BCUT2D eigenvalue weighted by atomic mass is 10.2. The van der Waals surface area contributed by atoms with Crippen LogP contribution in [-0.4, -0.2) is 37.5 Å². The first-order chi connectivity index (χ1) is 8.75. The van der Waals surface area contributed by atoms with E-state index in [9.17, 15) is 9.59 Å². The molecular formula is C12H17N3O2S. The standard InChI is InChI=1S/C12H17N3O2S/c16-11(14-7-9-3-1-5-13-9)8-15-12(17)10-4-2-6-18-10/h2,4,6,9,13H,1,3,5,7-8H2,(H,14,16)(H,15,17). The van der Waals surface area contributed by atoms with Gasteiger partial charge in [0.2, 0.25) is 5.91 Å². The minimum atomic E-state index is -0.195. The molecule has 1 unspecified atom stereocenters. The SMILES string of the molecule is O=C(CNC(=O)c1cccs1)NCC1CCCN1. The first kappa shape index (κ1) is 13.0. The van der Waals surface area contributed by atoms with Crippen LogP contribution < -0.4 is 16.0 Å². The molecule has 18 heavy (non-hydrogen) atoms. The fraction of sp³-hybridized carbons (Fsp3) is 0.500. The maximum absolute atomic E-state index is 11.6. The number of carbonyl (C=O) groups is 2. The van der Waals surface area contributed by atoms with Gasteiger partial charge in [-0.15, -0.1) is 11.3 Å². The molecule has 0 aliphatic carbocycles. The van der Waals surface area contributed by atoms with Gasteiger partial charge in [0, 0.05) is 12.6 Å². The molecule has 0 spiro atoms. The van der Waals surface area contributed by atoms with Crippen molar-refractivity contribution in [2.45, 2.75) is 18.9 Å². The highest BCUT2D eigenvalue weighted by Gasteiger charge is 2.15. The Balaban J connectivity index is 1.63. The summed E-state index contributed by atoms with van der Waals surface area (Å²) in [6.07, 6.45) is 2.26. The second-order valence-corrected chi connectivity index (χ2v) is 5.21. The first-order valence-electron chi connectivity index (χ1n) is 6.07. The molecule has 0 saturated carbocycles. The van der Waals surface area contributed by atoms with Gasteiger partial charge >= 0.3 is 0 Å². The maximum Gasteiger partial charge on any atom is 0.261 e. The Morgan fingerprint density at radius 2 is 2.33 bits per heavy atom. The number of amides is 2. The summed E-state index contributed by atoms with van der Waals surface area (Å²) < 4.78 is 0. The Bertz CT molecular complexity index is 399. The van der Waals surface area contributed by atoms with Gasteiger partial charge in [0.1, 0.15) is 0 Å². The van der Waals surface area contributed by atoms with E-state index in [2.05, 4.69) is 16.0 Å². The Morgan fingerprint density at radius 1 is 1.44 bits per heavy atom. The van der Waals surface area contributed by atoms with Crippen molar-refractivity contribution in [1.82, 2.24) is 16.0 Å². The van der Waals surface area contributed by atoms with Crippen molar-refractivity contribution in [3.8, 4) is 0 Å². The average molecular weight is 267 g/mol. The topological polar surface area (TPSA) is 70.2 Å². The third kappa shape index (κ3) is 3.82. The van der Waals surface area contributed by atoms with Crippen LogP contribution in [0.4, 0.5) is 0 Å². The summed E-state index contributed by atoms with van der Waals surface area (Å²) in [7, 11) is 0. The fourth-order valence-electron chi connectivity index (χ4n) is 1.89. The van der Waals surface area contributed by atoms with Gasteiger partial charge in [-0.05, 0) is 30.8 Å². The highest BCUT2D eigenvalue weighted by molar-refractivity contribution is 7.12. The number of nitrogens with one attached hydrogen (secondary N) is 3. The molecule has 0 bridgehead atoms. The van der Waals surface area contributed by atoms with Crippen LogP contribution in [0, 0.1) is 0 Å². The van der Waals surface area contributed by atoms with Crippen molar-refractivity contribution in [1.29, 1.82) is 0 Å². The Labute approximate surface area is 110 Å². The van der Waals surface area contributed by atoms with E-state index in [1.54, 1.807) is 6.07 Å². The highest BCUT2D eigenvalue weighted by atomic mass is 32.1. The zero-order valence-electron chi connectivity index (χ0n) is 10.1. The van der Waals surface area contributed by atoms with E-state index >= 15 is 0 Å². The summed E-state index contributed by atoms with van der Waals surface area (Å²) >= 11 is 1.36. The Hall–Kier alpha value is -1.40. The van der Waals surface area contributed by atoms with Gasteiger partial charge in [-0.1, -0.05) is 6.07 Å². The summed E-state index contributed by atoms with van der Waals surface area (Å²) in [6.45, 7) is 1.69. The molecule has 0 aromatic carbocycles. The zero-order chi connectivity index (χ0) is 12.8. The lowest BCUT2D eigenvalue weighted by Crippen LogP contribution is -2.42. The molecule has 1 aromatic heterocycles. The zero-order valence-corrected chi connectivity index (χ0v) is 10.9. The summed E-state index contributed by atoms with van der Waals surface area (Å²) in [5, 5.41) is 10.5. The number of hydrogen-bond donors (Lipinski definition) is 3. The molecule has 98 valence electrons. The van der Waals surface area contributed by atoms with Crippen LogP contribution in [0.5, 0.6) is 0 Å². The third-order valence-corrected chi connectivity index (χ3v) is 3.73. The predicted octanol–water partition coefficient (Wildman–Crippen LogP) is 0.346. The van der Waals surface area contributed by atoms with Crippen molar-refractivity contribution >= 4 is 23.2 Å². The molecule has 6 heteroatoms. The monoisotopic (exact) mass is 267 g/mol. The number of carbonyl (C=O) groups excluding carboxylic acids is 2. The molecule has 1 aliphatic rings.